The number of aryl methyl sites for hydroxylation is 1. The van der Waals surface area contributed by atoms with E-state index < -0.39 is 27.9 Å². The van der Waals surface area contributed by atoms with Gasteiger partial charge in [-0.2, -0.15) is 16.5 Å². The summed E-state index contributed by atoms with van der Waals surface area (Å²) in [6, 6.07) is -0.113. The second kappa shape index (κ2) is 6.96. The Morgan fingerprint density at radius 2 is 2.14 bits per heavy atom. The molecule has 1 heterocycles. The van der Waals surface area contributed by atoms with Gasteiger partial charge in [0.05, 0.1) is 0 Å². The lowest BCUT2D eigenvalue weighted by atomic mass is 10.2. The van der Waals surface area contributed by atoms with E-state index in [0.29, 0.717) is 5.75 Å². The van der Waals surface area contributed by atoms with E-state index in [1.54, 1.807) is 6.26 Å². The van der Waals surface area contributed by atoms with E-state index in [2.05, 4.69) is 4.72 Å². The highest BCUT2D eigenvalue weighted by molar-refractivity contribution is 7.98. The van der Waals surface area contributed by atoms with E-state index in [9.17, 15) is 18.0 Å². The van der Waals surface area contributed by atoms with Gasteiger partial charge in [-0.1, -0.05) is 0 Å². The minimum absolute atomic E-state index is 0.0198. The molecular weight excluding hydrogens is 318 g/mol. The van der Waals surface area contributed by atoms with Crippen LogP contribution in [0.25, 0.3) is 0 Å². The number of carbonyl (C=O) groups excluding carboxylic acids is 1. The van der Waals surface area contributed by atoms with Gasteiger partial charge in [0.25, 0.3) is 5.91 Å². The lowest BCUT2D eigenvalue weighted by Crippen LogP contribution is -2.41. The number of aliphatic carboxylic acids is 1. The lowest BCUT2D eigenvalue weighted by molar-refractivity contribution is -0.139. The van der Waals surface area contributed by atoms with Gasteiger partial charge in [0.1, 0.15) is 16.6 Å². The first-order valence-electron chi connectivity index (χ1n) is 5.89. The van der Waals surface area contributed by atoms with Crippen molar-refractivity contribution in [1.29, 1.82) is 0 Å². The van der Waals surface area contributed by atoms with Gasteiger partial charge in [0.2, 0.25) is 10.0 Å². The van der Waals surface area contributed by atoms with Crippen LogP contribution < -0.4 is 10.5 Å². The summed E-state index contributed by atoms with van der Waals surface area (Å²) in [5.41, 5.74) is 5.13. The van der Waals surface area contributed by atoms with Crippen molar-refractivity contribution in [3.63, 3.8) is 0 Å². The number of nitrogens with one attached hydrogen (secondary N) is 1. The number of primary amides is 1. The molecule has 1 rings (SSSR count). The highest BCUT2D eigenvalue weighted by Gasteiger charge is 2.26. The third-order valence-corrected chi connectivity index (χ3v) is 4.83. The number of nitrogens with two attached hydrogens (primary N) is 1. The van der Waals surface area contributed by atoms with Gasteiger partial charge in [-0.05, 0) is 24.5 Å². The van der Waals surface area contributed by atoms with Crippen molar-refractivity contribution < 1.29 is 23.1 Å². The summed E-state index contributed by atoms with van der Waals surface area (Å²) in [6.07, 6.45) is 3.16. The molecule has 1 atom stereocenters. The van der Waals surface area contributed by atoms with Gasteiger partial charge in [0, 0.05) is 13.2 Å². The van der Waals surface area contributed by atoms with Gasteiger partial charge in [0.15, 0.2) is 0 Å². The van der Waals surface area contributed by atoms with Crippen molar-refractivity contribution in [2.45, 2.75) is 17.4 Å². The predicted octanol–water partition coefficient (Wildman–Crippen LogP) is -0.391. The molecule has 0 fully saturated rings. The fourth-order valence-electron chi connectivity index (χ4n) is 1.65. The van der Waals surface area contributed by atoms with Crippen molar-refractivity contribution in [3.8, 4) is 0 Å². The Kier molecular flexibility index (Phi) is 5.81. The number of aromatic nitrogens is 1. The zero-order chi connectivity index (χ0) is 16.2. The molecule has 0 aliphatic heterocycles. The van der Waals surface area contributed by atoms with Crippen LogP contribution in [0.5, 0.6) is 0 Å². The molecule has 0 aromatic carbocycles. The minimum Gasteiger partial charge on any atom is -0.480 e. The van der Waals surface area contributed by atoms with Crippen molar-refractivity contribution in [2.24, 2.45) is 12.8 Å². The summed E-state index contributed by atoms with van der Waals surface area (Å²) in [5, 5.41) is 9.04. The molecule has 0 saturated heterocycles. The molecule has 0 unspecified atom stereocenters. The van der Waals surface area contributed by atoms with E-state index >= 15 is 0 Å². The summed E-state index contributed by atoms with van der Waals surface area (Å²) in [7, 11) is -2.57. The average molecular weight is 335 g/mol. The normalized spacial score (nSPS) is 13.0. The second-order valence-electron chi connectivity index (χ2n) is 4.33. The maximum atomic E-state index is 12.2. The van der Waals surface area contributed by atoms with Gasteiger partial charge < -0.3 is 15.4 Å². The molecule has 0 aliphatic carbocycles. The number of carboxylic acids is 1. The smallest absolute Gasteiger partial charge is 0.321 e. The average Bonchev–Trinajstić information content (AvgIpc) is 2.77. The maximum absolute atomic E-state index is 12.2. The SMILES string of the molecule is CSCC[C@@H](NS(=O)(=O)c1cc(C(N)=O)n(C)c1)C(=O)O. The molecule has 1 aromatic heterocycles. The predicted molar refractivity (Wildman–Crippen MR) is 78.7 cm³/mol. The first kappa shape index (κ1) is 17.5. The van der Waals surface area contributed by atoms with E-state index in [1.807, 2.05) is 0 Å². The highest BCUT2D eigenvalue weighted by Crippen LogP contribution is 2.14. The van der Waals surface area contributed by atoms with E-state index in [-0.39, 0.29) is 17.0 Å². The Hall–Kier alpha value is -1.52. The topological polar surface area (TPSA) is 131 Å². The third kappa shape index (κ3) is 4.48. The first-order valence-corrected chi connectivity index (χ1v) is 8.77. The quantitative estimate of drug-likeness (QED) is 0.593. The van der Waals surface area contributed by atoms with Crippen LogP contribution in [0.15, 0.2) is 17.2 Å². The number of amides is 1. The van der Waals surface area contributed by atoms with Crippen LogP contribution in [0.3, 0.4) is 0 Å². The molecule has 0 spiro atoms. The Morgan fingerprint density at radius 1 is 1.52 bits per heavy atom. The molecule has 0 radical (unpaired) electrons. The molecule has 0 aliphatic rings. The Morgan fingerprint density at radius 3 is 2.57 bits per heavy atom. The number of hydrogen-bond donors (Lipinski definition) is 3. The van der Waals surface area contributed by atoms with Crippen LogP contribution in [0, 0.1) is 0 Å². The fourth-order valence-corrected chi connectivity index (χ4v) is 3.41. The molecule has 4 N–H and O–H groups in total. The monoisotopic (exact) mass is 335 g/mol. The molecule has 8 nitrogen and oxygen atoms in total. The van der Waals surface area contributed by atoms with Crippen LogP contribution in [-0.4, -0.2) is 48.0 Å². The largest absolute Gasteiger partial charge is 0.480 e. The van der Waals surface area contributed by atoms with Gasteiger partial charge in [-0.15, -0.1) is 0 Å². The van der Waals surface area contributed by atoms with E-state index in [0.717, 1.165) is 6.07 Å². The van der Waals surface area contributed by atoms with Crippen LogP contribution in [-0.2, 0) is 21.9 Å². The number of carbonyl (C=O) groups is 2. The van der Waals surface area contributed by atoms with Crippen LogP contribution in [0.2, 0.25) is 0 Å². The Labute approximate surface area is 126 Å². The molecule has 10 heteroatoms. The number of carboxylic acid groups (broad SMARTS) is 1. The molecule has 0 saturated carbocycles. The summed E-state index contributed by atoms with van der Waals surface area (Å²) in [5.74, 6) is -1.52. The highest BCUT2D eigenvalue weighted by atomic mass is 32.2. The summed E-state index contributed by atoms with van der Waals surface area (Å²) < 4.78 is 27.7. The lowest BCUT2D eigenvalue weighted by Gasteiger charge is -2.13. The summed E-state index contributed by atoms with van der Waals surface area (Å²) in [6.45, 7) is 0. The molecule has 21 heavy (non-hydrogen) atoms. The standard InChI is InChI=1S/C11H17N3O5S2/c1-14-6-7(5-9(14)10(12)15)21(18,19)13-8(11(16)17)3-4-20-2/h5-6,8,13H,3-4H2,1-2H3,(H2,12,15)(H,16,17)/t8-/m1/s1. The fraction of sp³-hybridized carbons (Fsp3) is 0.455. The molecular formula is C11H17N3O5S2. The van der Waals surface area contributed by atoms with Crippen LogP contribution in [0.4, 0.5) is 0 Å². The van der Waals surface area contributed by atoms with Gasteiger partial charge in [-0.25, -0.2) is 8.42 Å². The summed E-state index contributed by atoms with van der Waals surface area (Å²) in [4.78, 5) is 22.0. The Bertz CT molecular complexity index is 638. The zero-order valence-corrected chi connectivity index (χ0v) is 13.2. The zero-order valence-electron chi connectivity index (χ0n) is 11.6. The third-order valence-electron chi connectivity index (χ3n) is 2.75. The molecule has 1 aromatic rings. The second-order valence-corrected chi connectivity index (χ2v) is 7.03. The first-order chi connectivity index (χ1) is 9.69. The molecule has 1 amide bonds. The Balaban J connectivity index is 3.02. The van der Waals surface area contributed by atoms with Crippen molar-refractivity contribution in [1.82, 2.24) is 9.29 Å². The summed E-state index contributed by atoms with van der Waals surface area (Å²) >= 11 is 1.42. The number of rotatable bonds is 8. The van der Waals surface area contributed by atoms with Crippen molar-refractivity contribution >= 4 is 33.7 Å². The van der Waals surface area contributed by atoms with Crippen molar-refractivity contribution in [3.05, 3.63) is 18.0 Å². The van der Waals surface area contributed by atoms with Gasteiger partial charge in [-0.3, -0.25) is 9.59 Å². The van der Waals surface area contributed by atoms with Gasteiger partial charge >= 0.3 is 5.97 Å². The van der Waals surface area contributed by atoms with E-state index in [1.165, 1.54) is 29.6 Å². The molecule has 118 valence electrons. The van der Waals surface area contributed by atoms with Crippen LogP contribution >= 0.6 is 11.8 Å². The number of thioether (sulfide) groups is 1. The van der Waals surface area contributed by atoms with Crippen LogP contribution in [0.1, 0.15) is 16.9 Å². The minimum atomic E-state index is -4.04. The van der Waals surface area contributed by atoms with Crippen molar-refractivity contribution in [2.75, 3.05) is 12.0 Å². The maximum Gasteiger partial charge on any atom is 0.321 e. The number of sulfonamides is 1. The number of hydrogen-bond acceptors (Lipinski definition) is 5. The number of nitrogens with zero attached hydrogens (tertiary/aromatic N) is 1. The molecule has 0 bridgehead atoms. The van der Waals surface area contributed by atoms with E-state index in [4.69, 9.17) is 10.8 Å².